The van der Waals surface area contributed by atoms with E-state index in [1.165, 1.54) is 12.3 Å². The van der Waals surface area contributed by atoms with E-state index in [1.807, 2.05) is 0 Å². The maximum absolute atomic E-state index is 13.2. The average Bonchev–Trinajstić information content (AvgIpc) is 2.83. The zero-order chi connectivity index (χ0) is 12.3. The van der Waals surface area contributed by atoms with Crippen molar-refractivity contribution >= 4 is 5.97 Å². The second-order valence-electron chi connectivity index (χ2n) is 3.20. The number of carbonyl (C=O) groups excluding carboxylic acids is 1. The topological polar surface area (TPSA) is 52.3 Å². The molecule has 6 heteroatoms. The molecular formula is C11H7F2NO3. The average molecular weight is 239 g/mol. The zero-order valence-corrected chi connectivity index (χ0v) is 8.52. The van der Waals surface area contributed by atoms with Gasteiger partial charge in [0, 0.05) is 11.6 Å². The van der Waals surface area contributed by atoms with Crippen molar-refractivity contribution in [3.63, 3.8) is 0 Å². The fraction of sp³-hybridized carbons (Fsp3) is 0.0909. The lowest BCUT2D eigenvalue weighted by Gasteiger charge is -2.04. The first-order valence-corrected chi connectivity index (χ1v) is 4.68. The Bertz CT molecular complexity index is 526. The molecule has 0 atom stereocenters. The molecule has 17 heavy (non-hydrogen) atoms. The first-order chi connectivity index (χ1) is 8.16. The van der Waals surface area contributed by atoms with Crippen molar-refractivity contribution in [2.45, 2.75) is 6.61 Å². The van der Waals surface area contributed by atoms with Crippen LogP contribution in [-0.4, -0.2) is 11.1 Å². The molecule has 4 nitrogen and oxygen atoms in total. The largest absolute Gasteiger partial charge is 0.456 e. The second-order valence-corrected chi connectivity index (χ2v) is 3.20. The third-order valence-electron chi connectivity index (χ3n) is 2.01. The lowest BCUT2D eigenvalue weighted by molar-refractivity contribution is 0.0456. The second kappa shape index (κ2) is 4.73. The standard InChI is InChI=1S/C11H7F2NO3/c12-8-1-2-9(13)7(5-8)6-16-11(15)10-3-4-17-14-10/h1-5H,6H2. The Morgan fingerprint density at radius 3 is 2.88 bits per heavy atom. The zero-order valence-electron chi connectivity index (χ0n) is 8.52. The van der Waals surface area contributed by atoms with Gasteiger partial charge in [-0.2, -0.15) is 0 Å². The van der Waals surface area contributed by atoms with E-state index >= 15 is 0 Å². The van der Waals surface area contributed by atoms with Crippen molar-refractivity contribution in [1.82, 2.24) is 5.16 Å². The van der Waals surface area contributed by atoms with E-state index < -0.39 is 17.6 Å². The van der Waals surface area contributed by atoms with Crippen LogP contribution in [0.1, 0.15) is 16.1 Å². The molecule has 0 spiro atoms. The molecule has 1 aromatic carbocycles. The number of esters is 1. The number of carbonyl (C=O) groups is 1. The van der Waals surface area contributed by atoms with Crippen LogP contribution in [0.3, 0.4) is 0 Å². The quantitative estimate of drug-likeness (QED) is 0.771. The number of aromatic nitrogens is 1. The van der Waals surface area contributed by atoms with Gasteiger partial charge in [-0.15, -0.1) is 0 Å². The van der Waals surface area contributed by atoms with Crippen molar-refractivity contribution in [1.29, 1.82) is 0 Å². The van der Waals surface area contributed by atoms with E-state index in [9.17, 15) is 13.6 Å². The van der Waals surface area contributed by atoms with Crippen LogP contribution in [-0.2, 0) is 11.3 Å². The maximum Gasteiger partial charge on any atom is 0.360 e. The highest BCUT2D eigenvalue weighted by molar-refractivity contribution is 5.86. The minimum absolute atomic E-state index is 0.0261. The smallest absolute Gasteiger partial charge is 0.360 e. The minimum Gasteiger partial charge on any atom is -0.456 e. The van der Waals surface area contributed by atoms with Crippen molar-refractivity contribution in [2.75, 3.05) is 0 Å². The molecule has 0 radical (unpaired) electrons. The third-order valence-corrected chi connectivity index (χ3v) is 2.01. The highest BCUT2D eigenvalue weighted by Crippen LogP contribution is 2.11. The molecule has 0 aliphatic rings. The molecular weight excluding hydrogens is 232 g/mol. The summed E-state index contributed by atoms with van der Waals surface area (Å²) in [7, 11) is 0. The third kappa shape index (κ3) is 2.66. The molecule has 0 N–H and O–H groups in total. The van der Waals surface area contributed by atoms with E-state index in [4.69, 9.17) is 4.74 Å². The van der Waals surface area contributed by atoms with Crippen molar-refractivity contribution in [2.24, 2.45) is 0 Å². The molecule has 1 aromatic heterocycles. The Kier molecular flexibility index (Phi) is 3.13. The molecule has 0 bridgehead atoms. The van der Waals surface area contributed by atoms with Crippen molar-refractivity contribution in [3.8, 4) is 0 Å². The fourth-order valence-electron chi connectivity index (χ4n) is 1.19. The van der Waals surface area contributed by atoms with Crippen LogP contribution in [0.2, 0.25) is 0 Å². The van der Waals surface area contributed by atoms with Gasteiger partial charge in [-0.25, -0.2) is 13.6 Å². The van der Waals surface area contributed by atoms with Crippen molar-refractivity contribution in [3.05, 3.63) is 53.4 Å². The first kappa shape index (κ1) is 11.3. The van der Waals surface area contributed by atoms with E-state index in [-0.39, 0.29) is 17.9 Å². The van der Waals surface area contributed by atoms with Gasteiger partial charge in [0.1, 0.15) is 24.5 Å². The summed E-state index contributed by atoms with van der Waals surface area (Å²) in [4.78, 5) is 11.3. The van der Waals surface area contributed by atoms with Gasteiger partial charge in [0.15, 0.2) is 5.69 Å². The summed E-state index contributed by atoms with van der Waals surface area (Å²) in [6.07, 6.45) is 1.21. The van der Waals surface area contributed by atoms with Crippen LogP contribution in [0.15, 0.2) is 35.1 Å². The summed E-state index contributed by atoms with van der Waals surface area (Å²) in [6.45, 7) is -0.366. The van der Waals surface area contributed by atoms with Crippen LogP contribution in [0.4, 0.5) is 8.78 Å². The predicted octanol–water partition coefficient (Wildman–Crippen LogP) is 2.31. The van der Waals surface area contributed by atoms with Gasteiger partial charge < -0.3 is 9.26 Å². The molecule has 0 saturated heterocycles. The summed E-state index contributed by atoms with van der Waals surface area (Å²) in [6, 6.07) is 4.22. The molecule has 0 fully saturated rings. The molecule has 2 rings (SSSR count). The highest BCUT2D eigenvalue weighted by Gasteiger charge is 2.12. The van der Waals surface area contributed by atoms with Gasteiger partial charge in [-0.05, 0) is 18.2 Å². The lowest BCUT2D eigenvalue weighted by atomic mass is 10.2. The highest BCUT2D eigenvalue weighted by atomic mass is 19.1. The van der Waals surface area contributed by atoms with Gasteiger partial charge in [-0.3, -0.25) is 0 Å². The van der Waals surface area contributed by atoms with Crippen LogP contribution in [0, 0.1) is 11.6 Å². The van der Waals surface area contributed by atoms with E-state index in [0.29, 0.717) is 0 Å². The SMILES string of the molecule is O=C(OCc1cc(F)ccc1F)c1ccon1. The number of halogens is 2. The Balaban J connectivity index is 2.03. The summed E-state index contributed by atoms with van der Waals surface area (Å²) in [5.41, 5.74) is -0.0661. The van der Waals surface area contributed by atoms with Gasteiger partial charge in [0.25, 0.3) is 0 Å². The monoisotopic (exact) mass is 239 g/mol. The van der Waals surface area contributed by atoms with E-state index in [0.717, 1.165) is 18.2 Å². The van der Waals surface area contributed by atoms with Gasteiger partial charge >= 0.3 is 5.97 Å². The fourth-order valence-corrected chi connectivity index (χ4v) is 1.19. The van der Waals surface area contributed by atoms with E-state index in [1.54, 1.807) is 0 Å². The number of nitrogens with zero attached hydrogens (tertiary/aromatic N) is 1. The molecule has 0 unspecified atom stereocenters. The Morgan fingerprint density at radius 2 is 2.18 bits per heavy atom. The lowest BCUT2D eigenvalue weighted by Crippen LogP contribution is -2.06. The summed E-state index contributed by atoms with van der Waals surface area (Å²) in [5.74, 6) is -2.00. The molecule has 0 aliphatic carbocycles. The Hall–Kier alpha value is -2.24. The molecule has 0 amide bonds. The van der Waals surface area contributed by atoms with Gasteiger partial charge in [-0.1, -0.05) is 5.16 Å². The molecule has 88 valence electrons. The first-order valence-electron chi connectivity index (χ1n) is 4.68. The molecule has 0 aliphatic heterocycles. The summed E-state index contributed by atoms with van der Waals surface area (Å²) in [5, 5.41) is 3.35. The van der Waals surface area contributed by atoms with Gasteiger partial charge in [0.2, 0.25) is 0 Å². The normalized spacial score (nSPS) is 10.2. The maximum atomic E-state index is 13.2. The van der Waals surface area contributed by atoms with Crippen molar-refractivity contribution < 1.29 is 22.8 Å². The number of rotatable bonds is 3. The minimum atomic E-state index is -0.762. The number of hydrogen-bond donors (Lipinski definition) is 0. The van der Waals surface area contributed by atoms with Crippen LogP contribution >= 0.6 is 0 Å². The summed E-state index contributed by atoms with van der Waals surface area (Å²) < 4.78 is 35.2. The van der Waals surface area contributed by atoms with Gasteiger partial charge in [0.05, 0.1) is 0 Å². The van der Waals surface area contributed by atoms with Crippen LogP contribution in [0.25, 0.3) is 0 Å². The summed E-state index contributed by atoms with van der Waals surface area (Å²) >= 11 is 0. The van der Waals surface area contributed by atoms with E-state index in [2.05, 4.69) is 9.68 Å². The van der Waals surface area contributed by atoms with Crippen LogP contribution in [0.5, 0.6) is 0 Å². The van der Waals surface area contributed by atoms with Crippen LogP contribution < -0.4 is 0 Å². The molecule has 1 heterocycles. The number of ether oxygens (including phenoxy) is 1. The Labute approximate surface area is 94.8 Å². The number of benzene rings is 1. The number of hydrogen-bond acceptors (Lipinski definition) is 4. The molecule has 2 aromatic rings. The molecule has 0 saturated carbocycles. The predicted molar refractivity (Wildman–Crippen MR) is 52.0 cm³/mol. The Morgan fingerprint density at radius 1 is 1.35 bits per heavy atom.